The fourth-order valence-electron chi connectivity index (χ4n) is 3.77. The highest BCUT2D eigenvalue weighted by atomic mass is 35.5. The molecule has 1 aromatic heterocycles. The van der Waals surface area contributed by atoms with E-state index in [4.69, 9.17) is 35.3 Å². The van der Waals surface area contributed by atoms with Crippen molar-refractivity contribution in [1.29, 1.82) is 0 Å². The zero-order chi connectivity index (χ0) is 28.2. The lowest BCUT2D eigenvalue weighted by Crippen LogP contribution is -2.45. The molecule has 0 unspecified atom stereocenters. The highest BCUT2D eigenvalue weighted by Crippen LogP contribution is 2.30. The number of pyridine rings is 1. The van der Waals surface area contributed by atoms with E-state index in [0.717, 1.165) is 12.8 Å². The van der Waals surface area contributed by atoms with Crippen LogP contribution in [0.1, 0.15) is 57.9 Å². The largest absolute Gasteiger partial charge is 0.493 e. The van der Waals surface area contributed by atoms with E-state index in [1.54, 1.807) is 31.2 Å². The minimum Gasteiger partial charge on any atom is -0.493 e. The predicted octanol–water partition coefficient (Wildman–Crippen LogP) is 4.58. The van der Waals surface area contributed by atoms with E-state index in [1.165, 1.54) is 33.2 Å². The molecule has 3 atom stereocenters. The Bertz CT molecular complexity index is 1090. The third-order valence-electron chi connectivity index (χ3n) is 5.82. The lowest BCUT2D eigenvalue weighted by atomic mass is 9.93. The van der Waals surface area contributed by atoms with Crippen molar-refractivity contribution < 1.29 is 38.1 Å². The summed E-state index contributed by atoms with van der Waals surface area (Å²) in [5.41, 5.74) is -0.150. The Morgan fingerprint density at radius 2 is 1.82 bits per heavy atom. The average Bonchev–Trinajstić information content (AvgIpc) is 2.88. The lowest BCUT2D eigenvalue weighted by Gasteiger charge is -2.31. The van der Waals surface area contributed by atoms with Gasteiger partial charge in [-0.15, -0.1) is 0 Å². The number of hydrogen-bond donors (Lipinski definition) is 1. The highest BCUT2D eigenvalue weighted by Gasteiger charge is 2.32. The molecule has 1 heterocycles. The number of hydrogen-bond acceptors (Lipinski definition) is 9. The number of rotatable bonds is 14. The number of methoxy groups -OCH3 is 1. The van der Waals surface area contributed by atoms with Gasteiger partial charge in [0.1, 0.15) is 24.0 Å². The second kappa shape index (κ2) is 15.0. The number of nitrogens with one attached hydrogen (secondary N) is 1. The van der Waals surface area contributed by atoms with Crippen LogP contribution in [0.15, 0.2) is 36.5 Å². The lowest BCUT2D eigenvalue weighted by molar-refractivity contribution is -0.156. The smallest absolute Gasteiger partial charge is 0.328 e. The Kier molecular flexibility index (Phi) is 12.1. The maximum absolute atomic E-state index is 13.0. The first-order valence-corrected chi connectivity index (χ1v) is 12.7. The van der Waals surface area contributed by atoms with E-state index in [0.29, 0.717) is 10.8 Å². The summed E-state index contributed by atoms with van der Waals surface area (Å²) in [6, 6.07) is 7.49. The first-order valence-electron chi connectivity index (χ1n) is 12.3. The summed E-state index contributed by atoms with van der Waals surface area (Å²) in [7, 11) is 1.39. The molecule has 1 aromatic carbocycles. The second-order valence-electron chi connectivity index (χ2n) is 8.54. The number of carbonyl (C=O) groups is 3. The summed E-state index contributed by atoms with van der Waals surface area (Å²) in [6.07, 6.45) is 1.92. The normalized spacial score (nSPS) is 13.2. The molecule has 0 spiro atoms. The van der Waals surface area contributed by atoms with E-state index >= 15 is 0 Å². The Morgan fingerprint density at radius 3 is 2.42 bits per heavy atom. The maximum atomic E-state index is 13.0. The summed E-state index contributed by atoms with van der Waals surface area (Å²) in [6.45, 7) is 8.11. The Labute approximate surface area is 227 Å². The molecular weight excluding hydrogens is 516 g/mol. The molecule has 0 saturated heterocycles. The summed E-state index contributed by atoms with van der Waals surface area (Å²) in [5, 5.41) is 3.10. The Morgan fingerprint density at radius 1 is 1.11 bits per heavy atom. The average molecular weight is 551 g/mol. The van der Waals surface area contributed by atoms with Crippen LogP contribution in [0.25, 0.3) is 0 Å². The van der Waals surface area contributed by atoms with Crippen molar-refractivity contribution in [2.75, 3.05) is 13.9 Å². The van der Waals surface area contributed by atoms with Crippen molar-refractivity contribution in [2.45, 2.75) is 65.7 Å². The van der Waals surface area contributed by atoms with Crippen LogP contribution in [-0.4, -0.2) is 55.0 Å². The molecule has 1 N–H and O–H groups in total. The third-order valence-corrected chi connectivity index (χ3v) is 6.05. The number of carbonyl (C=O) groups excluding carboxylic acids is 3. The monoisotopic (exact) mass is 550 g/mol. The molecule has 0 saturated carbocycles. The SMILES string of the molecule is CCC(CC)[C@@H](Oc1cccc(Cl)c1)[C@H](C)OC(=O)[C@H](C)NC(=O)c1nccc(OC)c1OCOC(C)=O. The van der Waals surface area contributed by atoms with Gasteiger partial charge >= 0.3 is 11.9 Å². The van der Waals surface area contributed by atoms with Crippen LogP contribution in [0.3, 0.4) is 0 Å². The molecule has 0 radical (unpaired) electrons. The van der Waals surface area contributed by atoms with Crippen LogP contribution in [0.2, 0.25) is 5.02 Å². The van der Waals surface area contributed by atoms with E-state index in [-0.39, 0.29) is 23.1 Å². The number of esters is 2. The van der Waals surface area contributed by atoms with Gasteiger partial charge in [0.15, 0.2) is 17.2 Å². The van der Waals surface area contributed by atoms with Crippen molar-refractivity contribution in [3.05, 3.63) is 47.2 Å². The standard InChI is InChI=1S/C27H35ClN2O8/c1-7-19(8-2)24(38-21-11-9-10-20(28)14-21)17(4)37-27(33)16(3)30-26(32)23-25(36-15-35-18(5)31)22(34-6)12-13-29-23/h9-14,16-17,19,24H,7-8,15H2,1-6H3,(H,30,32)/t16-,17-,24-/m0/s1. The number of nitrogens with zero attached hydrogens (tertiary/aromatic N) is 1. The van der Waals surface area contributed by atoms with Crippen molar-refractivity contribution >= 4 is 29.4 Å². The molecule has 2 rings (SSSR count). The molecule has 10 nitrogen and oxygen atoms in total. The van der Waals surface area contributed by atoms with E-state index in [2.05, 4.69) is 10.3 Å². The third kappa shape index (κ3) is 8.79. The molecule has 0 aliphatic carbocycles. The first-order chi connectivity index (χ1) is 18.1. The molecule has 208 valence electrons. The van der Waals surface area contributed by atoms with Gasteiger partial charge in [-0.05, 0) is 50.8 Å². The molecule has 11 heteroatoms. The number of amides is 1. The number of halogens is 1. The molecule has 38 heavy (non-hydrogen) atoms. The zero-order valence-electron chi connectivity index (χ0n) is 22.5. The van der Waals surface area contributed by atoms with Gasteiger partial charge in [-0.2, -0.15) is 0 Å². The van der Waals surface area contributed by atoms with Crippen LogP contribution >= 0.6 is 11.6 Å². The van der Waals surface area contributed by atoms with Crippen LogP contribution in [0.5, 0.6) is 17.2 Å². The van der Waals surface area contributed by atoms with Gasteiger partial charge in [0.25, 0.3) is 5.91 Å². The Balaban J connectivity index is 2.12. The topological polar surface area (TPSA) is 122 Å². The van der Waals surface area contributed by atoms with Crippen molar-refractivity contribution in [3.63, 3.8) is 0 Å². The van der Waals surface area contributed by atoms with E-state index in [1.807, 2.05) is 13.8 Å². The van der Waals surface area contributed by atoms with Crippen molar-refractivity contribution in [1.82, 2.24) is 10.3 Å². The highest BCUT2D eigenvalue weighted by molar-refractivity contribution is 6.30. The van der Waals surface area contributed by atoms with Gasteiger partial charge in [-0.1, -0.05) is 31.5 Å². The van der Waals surface area contributed by atoms with Crippen molar-refractivity contribution in [3.8, 4) is 17.2 Å². The van der Waals surface area contributed by atoms with Gasteiger partial charge in [0.2, 0.25) is 6.79 Å². The summed E-state index contributed by atoms with van der Waals surface area (Å²) in [5.74, 6) is -1.06. The summed E-state index contributed by atoms with van der Waals surface area (Å²) < 4.78 is 27.3. The quantitative estimate of drug-likeness (QED) is 0.266. The van der Waals surface area contributed by atoms with Crippen LogP contribution in [0.4, 0.5) is 0 Å². The fourth-order valence-corrected chi connectivity index (χ4v) is 3.95. The summed E-state index contributed by atoms with van der Waals surface area (Å²) in [4.78, 5) is 41.0. The minimum atomic E-state index is -1.02. The molecule has 0 aliphatic heterocycles. The fraction of sp³-hybridized carbons (Fsp3) is 0.481. The summed E-state index contributed by atoms with van der Waals surface area (Å²) >= 11 is 6.10. The van der Waals surface area contributed by atoms with Crippen LogP contribution in [-0.2, 0) is 19.1 Å². The van der Waals surface area contributed by atoms with E-state index < -0.39 is 42.9 Å². The Hall–Kier alpha value is -3.53. The molecule has 0 fully saturated rings. The number of aromatic nitrogens is 1. The zero-order valence-corrected chi connectivity index (χ0v) is 23.2. The van der Waals surface area contributed by atoms with Gasteiger partial charge in [0, 0.05) is 24.2 Å². The van der Waals surface area contributed by atoms with Gasteiger partial charge in [-0.3, -0.25) is 9.59 Å². The number of ether oxygens (including phenoxy) is 5. The minimum absolute atomic E-state index is 0.0357. The van der Waals surface area contributed by atoms with Crippen LogP contribution in [0, 0.1) is 5.92 Å². The predicted molar refractivity (Wildman–Crippen MR) is 140 cm³/mol. The van der Waals surface area contributed by atoms with Gasteiger partial charge in [-0.25, -0.2) is 9.78 Å². The van der Waals surface area contributed by atoms with Gasteiger partial charge in [0.05, 0.1) is 7.11 Å². The van der Waals surface area contributed by atoms with Crippen molar-refractivity contribution in [2.24, 2.45) is 5.92 Å². The van der Waals surface area contributed by atoms with E-state index in [9.17, 15) is 14.4 Å². The second-order valence-corrected chi connectivity index (χ2v) is 8.98. The first kappa shape index (κ1) is 30.7. The molecule has 0 bridgehead atoms. The molecular formula is C27H35ClN2O8. The maximum Gasteiger partial charge on any atom is 0.328 e. The molecule has 2 aromatic rings. The molecule has 1 amide bonds. The van der Waals surface area contributed by atoms with Gasteiger partial charge < -0.3 is 29.0 Å². The molecule has 0 aliphatic rings. The number of benzene rings is 1. The van der Waals surface area contributed by atoms with Crippen LogP contribution < -0.4 is 19.5 Å².